The molecule has 1 fully saturated rings. The summed E-state index contributed by atoms with van der Waals surface area (Å²) in [7, 11) is 0. The van der Waals surface area contributed by atoms with Crippen LogP contribution in [-0.2, 0) is 18.1 Å². The largest absolute Gasteiger partial charge is 0.433 e. The van der Waals surface area contributed by atoms with Gasteiger partial charge in [0.05, 0.1) is 5.69 Å². The van der Waals surface area contributed by atoms with Crippen molar-refractivity contribution in [1.82, 2.24) is 24.4 Å². The number of alkyl halides is 3. The Kier molecular flexibility index (Phi) is 6.13. The van der Waals surface area contributed by atoms with E-state index in [1.54, 1.807) is 25.7 Å². The third kappa shape index (κ3) is 5.14. The molecule has 0 aliphatic carbocycles. The summed E-state index contributed by atoms with van der Waals surface area (Å²) in [5.74, 6) is -0.395. The zero-order valence-corrected chi connectivity index (χ0v) is 19.4. The molecule has 3 heterocycles. The van der Waals surface area contributed by atoms with Gasteiger partial charge in [-0.1, -0.05) is 44.5 Å². The lowest BCUT2D eigenvalue weighted by Crippen LogP contribution is -2.48. The summed E-state index contributed by atoms with van der Waals surface area (Å²) < 4.78 is 41.8. The first kappa shape index (κ1) is 23.5. The number of nitrogens with zero attached hydrogens (tertiary/aromatic N) is 5. The van der Waals surface area contributed by atoms with E-state index in [0.717, 1.165) is 16.1 Å². The molecule has 1 amide bonds. The number of carbonyl (C=O) groups excluding carboxylic acids is 1. The first-order valence-corrected chi connectivity index (χ1v) is 11.0. The molecule has 2 aromatic heterocycles. The van der Waals surface area contributed by atoms with Crippen LogP contribution in [0.3, 0.4) is 0 Å². The zero-order valence-electron chi connectivity index (χ0n) is 18.7. The van der Waals surface area contributed by atoms with E-state index in [2.05, 4.69) is 15.0 Å². The van der Waals surface area contributed by atoms with E-state index in [0.29, 0.717) is 37.7 Å². The fraction of sp³-hybridized carbons (Fsp3) is 0.435. The van der Waals surface area contributed by atoms with Crippen LogP contribution in [0.5, 0.6) is 0 Å². The van der Waals surface area contributed by atoms with E-state index >= 15 is 0 Å². The van der Waals surface area contributed by atoms with Gasteiger partial charge in [-0.15, -0.1) is 0 Å². The molecule has 1 aliphatic heterocycles. The summed E-state index contributed by atoms with van der Waals surface area (Å²) in [6.45, 7) is 8.29. The van der Waals surface area contributed by atoms with Gasteiger partial charge in [0.25, 0.3) is 5.91 Å². The molecule has 0 bridgehead atoms. The highest BCUT2D eigenvalue weighted by Gasteiger charge is 2.37. The van der Waals surface area contributed by atoms with Crippen LogP contribution in [0, 0.1) is 0 Å². The Hall–Kier alpha value is -2.65. The van der Waals surface area contributed by atoms with Crippen molar-refractivity contribution in [1.29, 1.82) is 0 Å². The van der Waals surface area contributed by atoms with Crippen molar-refractivity contribution in [2.75, 3.05) is 26.2 Å². The fourth-order valence-corrected chi connectivity index (χ4v) is 4.04. The summed E-state index contributed by atoms with van der Waals surface area (Å²) in [4.78, 5) is 21.2. The first-order chi connectivity index (χ1) is 15.4. The van der Waals surface area contributed by atoms with E-state index < -0.39 is 23.2 Å². The number of rotatable bonds is 3. The molecule has 1 saturated heterocycles. The van der Waals surface area contributed by atoms with E-state index in [-0.39, 0.29) is 17.0 Å². The van der Waals surface area contributed by atoms with Gasteiger partial charge >= 0.3 is 6.18 Å². The Balaban J connectivity index is 1.53. The maximum atomic E-state index is 13.7. The number of piperazine rings is 1. The molecule has 6 nitrogen and oxygen atoms in total. The van der Waals surface area contributed by atoms with Crippen LogP contribution in [0.2, 0.25) is 5.02 Å². The van der Waals surface area contributed by atoms with E-state index in [1.165, 1.54) is 6.07 Å². The monoisotopic (exact) mass is 479 g/mol. The maximum absolute atomic E-state index is 13.7. The van der Waals surface area contributed by atoms with Crippen LogP contribution in [0.25, 0.3) is 5.65 Å². The van der Waals surface area contributed by atoms with Gasteiger partial charge in [-0.2, -0.15) is 18.3 Å². The van der Waals surface area contributed by atoms with Gasteiger partial charge in [-0.25, -0.2) is 9.50 Å². The summed E-state index contributed by atoms with van der Waals surface area (Å²) in [5, 5.41) is 4.66. The smallest absolute Gasteiger partial charge is 0.335 e. The standard InChI is InChI=1S/C23H25ClF3N5O/c1-22(2,3)18-13-19(23(25,26)27)32-20(28-18)12-17(29-32)21(33)31-9-7-30(8-10-31)14-15-5-4-6-16(24)11-15/h4-6,11-13H,7-10,14H2,1-3H3. The lowest BCUT2D eigenvalue weighted by atomic mass is 9.91. The predicted molar refractivity (Wildman–Crippen MR) is 119 cm³/mol. The molecule has 4 rings (SSSR count). The zero-order chi connectivity index (χ0) is 24.0. The summed E-state index contributed by atoms with van der Waals surface area (Å²) in [6.07, 6.45) is -4.63. The second-order valence-corrected chi connectivity index (χ2v) is 9.71. The van der Waals surface area contributed by atoms with Crippen molar-refractivity contribution in [3.8, 4) is 0 Å². The molecule has 1 aliphatic rings. The lowest BCUT2D eigenvalue weighted by Gasteiger charge is -2.34. The fourth-order valence-electron chi connectivity index (χ4n) is 3.83. The minimum Gasteiger partial charge on any atom is -0.335 e. The Morgan fingerprint density at radius 3 is 2.36 bits per heavy atom. The topological polar surface area (TPSA) is 53.7 Å². The number of hydrogen-bond acceptors (Lipinski definition) is 4. The average molecular weight is 480 g/mol. The van der Waals surface area contributed by atoms with E-state index in [9.17, 15) is 18.0 Å². The summed E-state index contributed by atoms with van der Waals surface area (Å²) >= 11 is 6.05. The third-order valence-electron chi connectivity index (χ3n) is 5.66. The van der Waals surface area contributed by atoms with Crippen molar-refractivity contribution in [3.05, 3.63) is 64.1 Å². The van der Waals surface area contributed by atoms with Crippen LogP contribution in [0.15, 0.2) is 36.4 Å². The van der Waals surface area contributed by atoms with Crippen LogP contribution in [0.1, 0.15) is 48.2 Å². The molecule has 33 heavy (non-hydrogen) atoms. The van der Waals surface area contributed by atoms with Crippen molar-refractivity contribution >= 4 is 23.2 Å². The highest BCUT2D eigenvalue weighted by atomic mass is 35.5. The number of aromatic nitrogens is 3. The number of hydrogen-bond donors (Lipinski definition) is 0. The van der Waals surface area contributed by atoms with E-state index in [4.69, 9.17) is 11.6 Å². The van der Waals surface area contributed by atoms with Crippen molar-refractivity contribution in [2.24, 2.45) is 0 Å². The maximum Gasteiger partial charge on any atom is 0.433 e. The minimum absolute atomic E-state index is 0.0118. The number of benzene rings is 1. The van der Waals surface area contributed by atoms with Gasteiger partial charge < -0.3 is 4.90 Å². The first-order valence-electron chi connectivity index (χ1n) is 10.7. The summed E-state index contributed by atoms with van der Waals surface area (Å²) in [5.41, 5.74) is -0.183. The van der Waals surface area contributed by atoms with Gasteiger partial charge in [0.1, 0.15) is 5.69 Å². The highest BCUT2D eigenvalue weighted by molar-refractivity contribution is 6.30. The minimum atomic E-state index is -4.63. The number of carbonyl (C=O) groups is 1. The van der Waals surface area contributed by atoms with Gasteiger partial charge in [0.15, 0.2) is 11.3 Å². The molecule has 0 saturated carbocycles. The molecule has 0 unspecified atom stereocenters. The SMILES string of the molecule is CC(C)(C)c1cc(C(F)(F)F)n2nc(C(=O)N3CCN(Cc4cccc(Cl)c4)CC3)cc2n1. The van der Waals surface area contributed by atoms with Crippen LogP contribution in [0.4, 0.5) is 13.2 Å². The van der Waals surface area contributed by atoms with Gasteiger partial charge in [0.2, 0.25) is 0 Å². The van der Waals surface area contributed by atoms with Gasteiger partial charge in [0, 0.05) is 49.2 Å². The number of fused-ring (bicyclic) bond motifs is 1. The molecule has 176 valence electrons. The Bertz CT molecular complexity index is 1180. The van der Waals surface area contributed by atoms with Crippen LogP contribution in [-0.4, -0.2) is 56.5 Å². The van der Waals surface area contributed by atoms with Crippen LogP contribution < -0.4 is 0 Å². The molecule has 0 atom stereocenters. The molecule has 0 spiro atoms. The van der Waals surface area contributed by atoms with Crippen LogP contribution >= 0.6 is 11.6 Å². The average Bonchev–Trinajstić information content (AvgIpc) is 3.16. The molecule has 0 radical (unpaired) electrons. The molecule has 3 aromatic rings. The molecule has 0 N–H and O–H groups in total. The molecular weight excluding hydrogens is 455 g/mol. The van der Waals surface area contributed by atoms with E-state index in [1.807, 2.05) is 24.3 Å². The molecular formula is C23H25ClF3N5O. The Morgan fingerprint density at radius 1 is 1.06 bits per heavy atom. The van der Waals surface area contributed by atoms with Crippen molar-refractivity contribution < 1.29 is 18.0 Å². The van der Waals surface area contributed by atoms with Crippen molar-refractivity contribution in [3.63, 3.8) is 0 Å². The number of halogens is 4. The number of amides is 1. The van der Waals surface area contributed by atoms with Gasteiger partial charge in [-0.3, -0.25) is 9.69 Å². The summed E-state index contributed by atoms with van der Waals surface area (Å²) in [6, 6.07) is 9.97. The molecule has 1 aromatic carbocycles. The lowest BCUT2D eigenvalue weighted by molar-refractivity contribution is -0.142. The van der Waals surface area contributed by atoms with Gasteiger partial charge in [-0.05, 0) is 23.8 Å². The van der Waals surface area contributed by atoms with Crippen molar-refractivity contribution in [2.45, 2.75) is 38.9 Å². The third-order valence-corrected chi connectivity index (χ3v) is 5.89. The predicted octanol–water partition coefficient (Wildman–Crippen LogP) is 4.66. The second-order valence-electron chi connectivity index (χ2n) is 9.27. The Morgan fingerprint density at radius 2 is 1.76 bits per heavy atom. The Labute approximate surface area is 195 Å². The second kappa shape index (κ2) is 8.61. The highest BCUT2D eigenvalue weighted by Crippen LogP contribution is 2.32. The quantitative estimate of drug-likeness (QED) is 0.548. The molecule has 10 heteroatoms. The normalized spacial score (nSPS) is 15.9.